The van der Waals surface area contributed by atoms with E-state index in [1.54, 1.807) is 0 Å². The van der Waals surface area contributed by atoms with Gasteiger partial charge >= 0.3 is 0 Å². The number of hydrogen-bond acceptors (Lipinski definition) is 3. The first-order valence-electron chi connectivity index (χ1n) is 7.31. The van der Waals surface area contributed by atoms with Crippen molar-refractivity contribution in [1.82, 2.24) is 5.32 Å². The highest BCUT2D eigenvalue weighted by Crippen LogP contribution is 2.27. The summed E-state index contributed by atoms with van der Waals surface area (Å²) in [6, 6.07) is 9.19. The molecule has 1 aromatic rings. The number of hydrogen-bond donors (Lipinski definition) is 2. The van der Waals surface area contributed by atoms with Crippen molar-refractivity contribution in [3.63, 3.8) is 0 Å². The monoisotopic (exact) mass is 264 g/mol. The number of nitrogens with one attached hydrogen (secondary N) is 1. The summed E-state index contributed by atoms with van der Waals surface area (Å²) in [6.07, 6.45) is 1.14. The number of para-hydroxylation sites is 1. The van der Waals surface area contributed by atoms with Gasteiger partial charge in [0.15, 0.2) is 0 Å². The summed E-state index contributed by atoms with van der Waals surface area (Å²) < 4.78 is 0. The van der Waals surface area contributed by atoms with Gasteiger partial charge in [-0.05, 0) is 45.4 Å². The van der Waals surface area contributed by atoms with Crippen LogP contribution in [0.5, 0.6) is 0 Å². The molecule has 0 aromatic heterocycles. The fourth-order valence-electron chi connectivity index (χ4n) is 2.35. The zero-order chi connectivity index (χ0) is 14.3. The first-order valence-corrected chi connectivity index (χ1v) is 7.31. The highest BCUT2D eigenvalue weighted by atomic mass is 16.3. The Balaban J connectivity index is 2.98. The van der Waals surface area contributed by atoms with Crippen LogP contribution >= 0.6 is 0 Å². The maximum Gasteiger partial charge on any atom is 0.0606 e. The molecule has 2 N–H and O–H groups in total. The number of anilines is 1. The first-order chi connectivity index (χ1) is 9.11. The van der Waals surface area contributed by atoms with Crippen LogP contribution in [0.15, 0.2) is 24.3 Å². The number of nitrogens with zero attached hydrogens (tertiary/aromatic N) is 1. The zero-order valence-corrected chi connectivity index (χ0v) is 12.7. The van der Waals surface area contributed by atoms with Gasteiger partial charge in [0.25, 0.3) is 0 Å². The maximum absolute atomic E-state index is 9.26. The second-order valence-corrected chi connectivity index (χ2v) is 5.25. The summed E-state index contributed by atoms with van der Waals surface area (Å²) in [7, 11) is 0. The predicted octanol–water partition coefficient (Wildman–Crippen LogP) is 2.95. The minimum Gasteiger partial charge on any atom is -0.395 e. The van der Waals surface area contributed by atoms with Crippen molar-refractivity contribution in [1.29, 1.82) is 0 Å². The molecule has 0 aliphatic rings. The summed E-state index contributed by atoms with van der Waals surface area (Å²) in [6.45, 7) is 10.6. The molecule has 19 heavy (non-hydrogen) atoms. The molecule has 0 heterocycles. The van der Waals surface area contributed by atoms with Gasteiger partial charge in [-0.25, -0.2) is 0 Å². The lowest BCUT2D eigenvalue weighted by atomic mass is 10.0. The van der Waals surface area contributed by atoms with Crippen LogP contribution < -0.4 is 10.2 Å². The molecule has 0 spiro atoms. The fraction of sp³-hybridized carbons (Fsp3) is 0.625. The van der Waals surface area contributed by atoms with E-state index in [1.807, 2.05) is 0 Å². The van der Waals surface area contributed by atoms with Crippen molar-refractivity contribution < 1.29 is 5.11 Å². The highest BCUT2D eigenvalue weighted by molar-refractivity contribution is 5.55. The fourth-order valence-corrected chi connectivity index (χ4v) is 2.35. The van der Waals surface area contributed by atoms with Crippen LogP contribution in [0, 0.1) is 0 Å². The topological polar surface area (TPSA) is 35.5 Å². The van der Waals surface area contributed by atoms with Gasteiger partial charge in [0.2, 0.25) is 0 Å². The molecule has 0 bridgehead atoms. The summed E-state index contributed by atoms with van der Waals surface area (Å²) in [5.41, 5.74) is 2.53. The van der Waals surface area contributed by atoms with E-state index in [-0.39, 0.29) is 6.61 Å². The van der Waals surface area contributed by atoms with Gasteiger partial charge in [-0.1, -0.05) is 25.1 Å². The molecule has 3 heteroatoms. The van der Waals surface area contributed by atoms with Crippen LogP contribution in [-0.2, 0) is 0 Å². The molecule has 1 unspecified atom stereocenters. The third kappa shape index (κ3) is 4.51. The highest BCUT2D eigenvalue weighted by Gasteiger charge is 2.16. The van der Waals surface area contributed by atoms with Gasteiger partial charge in [0, 0.05) is 24.3 Å². The standard InChI is InChI=1S/C16H28N2O/c1-5-10-17-14(4)15-8-6-7-9-16(15)18(11-12-19)13(2)3/h6-9,13-14,17,19H,5,10-12H2,1-4H3. The van der Waals surface area contributed by atoms with E-state index < -0.39 is 0 Å². The van der Waals surface area contributed by atoms with Crippen molar-refractivity contribution in [2.45, 2.75) is 46.2 Å². The third-order valence-corrected chi connectivity index (χ3v) is 3.38. The molecule has 108 valence electrons. The Morgan fingerprint density at radius 3 is 2.47 bits per heavy atom. The molecule has 0 saturated carbocycles. The molecule has 0 saturated heterocycles. The lowest BCUT2D eigenvalue weighted by Crippen LogP contribution is -2.35. The summed E-state index contributed by atoms with van der Waals surface area (Å²) >= 11 is 0. The quantitative estimate of drug-likeness (QED) is 0.758. The average Bonchev–Trinajstić information content (AvgIpc) is 2.42. The largest absolute Gasteiger partial charge is 0.395 e. The average molecular weight is 264 g/mol. The predicted molar refractivity (Wildman–Crippen MR) is 82.7 cm³/mol. The molecule has 1 rings (SSSR count). The van der Waals surface area contributed by atoms with Crippen molar-refractivity contribution in [2.24, 2.45) is 0 Å². The summed E-state index contributed by atoms with van der Waals surface area (Å²) in [5.74, 6) is 0. The van der Waals surface area contributed by atoms with E-state index in [0.29, 0.717) is 18.6 Å². The molecule has 1 atom stereocenters. The molecular weight excluding hydrogens is 236 g/mol. The van der Waals surface area contributed by atoms with E-state index in [4.69, 9.17) is 0 Å². The number of aliphatic hydroxyl groups excluding tert-OH is 1. The second kappa shape index (κ2) is 8.18. The van der Waals surface area contributed by atoms with Crippen LogP contribution in [0.4, 0.5) is 5.69 Å². The summed E-state index contributed by atoms with van der Waals surface area (Å²) in [5, 5.41) is 12.8. The van der Waals surface area contributed by atoms with E-state index >= 15 is 0 Å². The molecule has 3 nitrogen and oxygen atoms in total. The van der Waals surface area contributed by atoms with Crippen LogP contribution in [0.25, 0.3) is 0 Å². The van der Waals surface area contributed by atoms with Gasteiger partial charge in [-0.15, -0.1) is 0 Å². The van der Waals surface area contributed by atoms with Gasteiger partial charge in [0.1, 0.15) is 0 Å². The lowest BCUT2D eigenvalue weighted by Gasteiger charge is -2.32. The van der Waals surface area contributed by atoms with E-state index in [0.717, 1.165) is 13.0 Å². The second-order valence-electron chi connectivity index (χ2n) is 5.25. The van der Waals surface area contributed by atoms with E-state index in [2.05, 4.69) is 62.2 Å². The Kier molecular flexibility index (Phi) is 6.89. The van der Waals surface area contributed by atoms with Gasteiger partial charge in [-0.3, -0.25) is 0 Å². The van der Waals surface area contributed by atoms with Crippen LogP contribution in [0.3, 0.4) is 0 Å². The van der Waals surface area contributed by atoms with Gasteiger partial charge < -0.3 is 15.3 Å². The Hall–Kier alpha value is -1.06. The van der Waals surface area contributed by atoms with Gasteiger partial charge in [0.05, 0.1) is 6.61 Å². The Labute approximate surface area is 117 Å². The van der Waals surface area contributed by atoms with Crippen molar-refractivity contribution >= 4 is 5.69 Å². The molecule has 0 fully saturated rings. The van der Waals surface area contributed by atoms with Crippen LogP contribution in [0.1, 0.15) is 45.7 Å². The Morgan fingerprint density at radius 2 is 1.89 bits per heavy atom. The number of benzene rings is 1. The lowest BCUT2D eigenvalue weighted by molar-refractivity contribution is 0.299. The molecular formula is C16H28N2O. The minimum atomic E-state index is 0.184. The molecule has 0 aliphatic carbocycles. The van der Waals surface area contributed by atoms with Gasteiger partial charge in [-0.2, -0.15) is 0 Å². The number of rotatable bonds is 8. The summed E-state index contributed by atoms with van der Waals surface area (Å²) in [4.78, 5) is 2.26. The molecule has 0 radical (unpaired) electrons. The molecule has 0 aliphatic heterocycles. The van der Waals surface area contributed by atoms with Crippen molar-refractivity contribution in [3.8, 4) is 0 Å². The minimum absolute atomic E-state index is 0.184. The molecule has 0 amide bonds. The Bertz CT molecular complexity index is 366. The smallest absolute Gasteiger partial charge is 0.0606 e. The SMILES string of the molecule is CCCNC(C)c1ccccc1N(CCO)C(C)C. The van der Waals surface area contributed by atoms with Crippen molar-refractivity contribution in [3.05, 3.63) is 29.8 Å². The van der Waals surface area contributed by atoms with Crippen molar-refractivity contribution in [2.75, 3.05) is 24.6 Å². The number of aliphatic hydroxyl groups is 1. The van der Waals surface area contributed by atoms with Crippen LogP contribution in [-0.4, -0.2) is 30.8 Å². The van der Waals surface area contributed by atoms with Crippen LogP contribution in [0.2, 0.25) is 0 Å². The van der Waals surface area contributed by atoms with E-state index in [1.165, 1.54) is 11.3 Å². The Morgan fingerprint density at radius 1 is 1.21 bits per heavy atom. The molecule has 1 aromatic carbocycles. The first kappa shape index (κ1) is 16.0. The van der Waals surface area contributed by atoms with E-state index in [9.17, 15) is 5.11 Å². The third-order valence-electron chi connectivity index (χ3n) is 3.38. The zero-order valence-electron chi connectivity index (χ0n) is 12.7. The normalized spacial score (nSPS) is 12.7. The maximum atomic E-state index is 9.26.